The number of benzene rings is 1. The van der Waals surface area contributed by atoms with Gasteiger partial charge >= 0.3 is 0 Å². The van der Waals surface area contributed by atoms with E-state index in [9.17, 15) is 5.11 Å². The molecule has 0 saturated carbocycles. The lowest BCUT2D eigenvalue weighted by Gasteiger charge is -2.31. The van der Waals surface area contributed by atoms with Gasteiger partial charge in [0.05, 0.1) is 18.8 Å². The number of aromatic hydroxyl groups is 1. The minimum absolute atomic E-state index is 0.105. The third-order valence-corrected chi connectivity index (χ3v) is 4.64. The van der Waals surface area contributed by atoms with E-state index in [1.54, 1.807) is 6.07 Å². The average Bonchev–Trinajstić information content (AvgIpc) is 2.80. The minimum Gasteiger partial charge on any atom is -0.508 e. The zero-order valence-corrected chi connectivity index (χ0v) is 13.8. The smallest absolute Gasteiger partial charge is 0.225 e. The van der Waals surface area contributed by atoms with Gasteiger partial charge in [-0.25, -0.2) is 0 Å². The number of phenols is 1. The summed E-state index contributed by atoms with van der Waals surface area (Å²) >= 11 is 0. The molecule has 1 spiro atoms. The molecule has 25 heavy (non-hydrogen) atoms. The number of hydrogen-bond acceptors (Lipinski definition) is 8. The molecule has 1 aromatic heterocycles. The molecule has 132 valence electrons. The molecular formula is C17H21N5O3. The van der Waals surface area contributed by atoms with E-state index < -0.39 is 5.60 Å². The normalized spacial score (nSPS) is 23.2. The molecule has 0 unspecified atom stereocenters. The third kappa shape index (κ3) is 3.06. The van der Waals surface area contributed by atoms with Gasteiger partial charge in [-0.1, -0.05) is 18.2 Å². The number of nitrogen functional groups attached to an aromatic ring is 2. The first kappa shape index (κ1) is 15.9. The number of nitrogens with two attached hydrogens (primary N) is 2. The molecule has 1 aromatic carbocycles. The Morgan fingerprint density at radius 1 is 1.24 bits per heavy atom. The number of aromatic nitrogens is 2. The van der Waals surface area contributed by atoms with Crippen LogP contribution in [0.5, 0.6) is 11.6 Å². The van der Waals surface area contributed by atoms with Gasteiger partial charge in [0.25, 0.3) is 0 Å². The Kier molecular flexibility index (Phi) is 3.85. The van der Waals surface area contributed by atoms with Crippen LogP contribution in [0.2, 0.25) is 0 Å². The van der Waals surface area contributed by atoms with Gasteiger partial charge in [0.2, 0.25) is 11.8 Å². The zero-order valence-electron chi connectivity index (χ0n) is 13.8. The second kappa shape index (κ2) is 6.05. The first-order chi connectivity index (χ1) is 12.0. The maximum Gasteiger partial charge on any atom is 0.225 e. The molecule has 1 atom stereocenters. The van der Waals surface area contributed by atoms with Gasteiger partial charge in [-0.05, 0) is 6.07 Å². The van der Waals surface area contributed by atoms with Gasteiger partial charge in [-0.3, -0.25) is 4.90 Å². The molecule has 0 amide bonds. The van der Waals surface area contributed by atoms with E-state index in [0.29, 0.717) is 50.2 Å². The van der Waals surface area contributed by atoms with Crippen molar-refractivity contribution in [2.75, 3.05) is 37.8 Å². The number of para-hydroxylation sites is 1. The number of nitrogens with zero attached hydrogens (tertiary/aromatic N) is 3. The van der Waals surface area contributed by atoms with Crippen molar-refractivity contribution in [1.29, 1.82) is 0 Å². The predicted octanol–water partition coefficient (Wildman–Crippen LogP) is 0.553. The van der Waals surface area contributed by atoms with Gasteiger partial charge in [0.15, 0.2) is 5.60 Å². The largest absolute Gasteiger partial charge is 0.508 e. The Balaban J connectivity index is 1.57. The van der Waals surface area contributed by atoms with Crippen LogP contribution < -0.4 is 16.2 Å². The first-order valence-electron chi connectivity index (χ1n) is 8.22. The maximum absolute atomic E-state index is 10.0. The van der Waals surface area contributed by atoms with E-state index >= 15 is 0 Å². The van der Waals surface area contributed by atoms with Crippen LogP contribution in [0, 0.1) is 0 Å². The number of rotatable bonds is 2. The third-order valence-electron chi connectivity index (χ3n) is 4.64. The summed E-state index contributed by atoms with van der Waals surface area (Å²) in [7, 11) is 0. The van der Waals surface area contributed by atoms with E-state index in [2.05, 4.69) is 14.9 Å². The van der Waals surface area contributed by atoms with Crippen LogP contribution in [0.25, 0.3) is 0 Å². The molecule has 2 aliphatic rings. The molecule has 2 aliphatic heterocycles. The van der Waals surface area contributed by atoms with E-state index in [1.165, 1.54) is 0 Å². The van der Waals surface area contributed by atoms with Crippen LogP contribution >= 0.6 is 0 Å². The number of hydrogen-bond donors (Lipinski definition) is 3. The Morgan fingerprint density at radius 2 is 2.08 bits per heavy atom. The van der Waals surface area contributed by atoms with E-state index in [-0.39, 0.29) is 5.95 Å². The van der Waals surface area contributed by atoms with E-state index in [4.69, 9.17) is 20.9 Å². The van der Waals surface area contributed by atoms with Crippen LogP contribution in [0.15, 0.2) is 24.3 Å². The predicted molar refractivity (Wildman–Crippen MR) is 92.1 cm³/mol. The summed E-state index contributed by atoms with van der Waals surface area (Å²) in [4.78, 5) is 10.4. The molecule has 5 N–H and O–H groups in total. The number of phenolic OH excluding ortho intramolecular Hbond substituents is 1. The highest BCUT2D eigenvalue weighted by Crippen LogP contribution is 2.38. The summed E-state index contributed by atoms with van der Waals surface area (Å²) in [6.45, 7) is 3.04. The van der Waals surface area contributed by atoms with E-state index in [0.717, 1.165) is 17.7 Å². The van der Waals surface area contributed by atoms with Gasteiger partial charge in [0.1, 0.15) is 11.6 Å². The lowest BCUT2D eigenvalue weighted by Crippen LogP contribution is -2.48. The fourth-order valence-corrected chi connectivity index (χ4v) is 3.48. The standard InChI is InChI=1S/C17H21N5O3/c18-14-12-7-17(25-15(12)21-16(19)20-14)9-22(5-6-24-10-17)8-11-3-1-2-4-13(11)23/h1-4,23H,5-10H2,(H4,18,19,20,21)/t17-/m0/s1. The fraction of sp³-hybridized carbons (Fsp3) is 0.412. The topological polar surface area (TPSA) is 120 Å². The SMILES string of the molecule is Nc1nc(N)c2c(n1)O[C@@]1(COCCN(Cc3ccccc3O)C1)C2. The van der Waals surface area contributed by atoms with Crippen molar-refractivity contribution in [2.24, 2.45) is 0 Å². The number of fused-ring (bicyclic) bond motifs is 1. The van der Waals surface area contributed by atoms with Crippen molar-refractivity contribution in [1.82, 2.24) is 14.9 Å². The Labute approximate surface area is 145 Å². The Bertz CT molecular complexity index is 800. The highest BCUT2D eigenvalue weighted by atomic mass is 16.6. The Hall–Kier alpha value is -2.58. The van der Waals surface area contributed by atoms with Crippen molar-refractivity contribution in [3.63, 3.8) is 0 Å². The Morgan fingerprint density at radius 3 is 2.92 bits per heavy atom. The van der Waals surface area contributed by atoms with Crippen LogP contribution in [-0.2, 0) is 17.7 Å². The second-order valence-corrected chi connectivity index (χ2v) is 6.60. The second-order valence-electron chi connectivity index (χ2n) is 6.60. The van der Waals surface area contributed by atoms with E-state index in [1.807, 2.05) is 18.2 Å². The molecule has 0 aliphatic carbocycles. The summed E-state index contributed by atoms with van der Waals surface area (Å²) in [6.07, 6.45) is 0.575. The van der Waals surface area contributed by atoms with Gasteiger partial charge in [-0.15, -0.1) is 0 Å². The molecule has 1 saturated heterocycles. The quantitative estimate of drug-likeness (QED) is 0.723. The molecule has 2 aromatic rings. The van der Waals surface area contributed by atoms with Gasteiger partial charge in [-0.2, -0.15) is 9.97 Å². The lowest BCUT2D eigenvalue weighted by molar-refractivity contribution is -0.00268. The number of ether oxygens (including phenoxy) is 2. The average molecular weight is 343 g/mol. The maximum atomic E-state index is 10.0. The van der Waals surface area contributed by atoms with Gasteiger partial charge < -0.3 is 26.0 Å². The van der Waals surface area contributed by atoms with Crippen molar-refractivity contribution in [3.8, 4) is 11.6 Å². The highest BCUT2D eigenvalue weighted by Gasteiger charge is 2.44. The first-order valence-corrected chi connectivity index (χ1v) is 8.22. The monoisotopic (exact) mass is 343 g/mol. The highest BCUT2D eigenvalue weighted by molar-refractivity contribution is 5.52. The van der Waals surface area contributed by atoms with Crippen molar-refractivity contribution in [2.45, 2.75) is 18.6 Å². The summed E-state index contributed by atoms with van der Waals surface area (Å²) in [6, 6.07) is 7.34. The fourth-order valence-electron chi connectivity index (χ4n) is 3.48. The molecule has 8 nitrogen and oxygen atoms in total. The summed E-state index contributed by atoms with van der Waals surface area (Å²) in [5.74, 6) is 1.20. The zero-order chi connectivity index (χ0) is 17.4. The molecule has 3 heterocycles. The molecule has 0 bridgehead atoms. The van der Waals surface area contributed by atoms with Crippen LogP contribution in [0.3, 0.4) is 0 Å². The van der Waals surface area contributed by atoms with Crippen molar-refractivity contribution in [3.05, 3.63) is 35.4 Å². The molecular weight excluding hydrogens is 322 g/mol. The van der Waals surface area contributed by atoms with Crippen LogP contribution in [0.4, 0.5) is 11.8 Å². The van der Waals surface area contributed by atoms with Crippen LogP contribution in [0.1, 0.15) is 11.1 Å². The molecule has 0 radical (unpaired) electrons. The van der Waals surface area contributed by atoms with Gasteiger partial charge in [0, 0.05) is 31.6 Å². The summed E-state index contributed by atoms with van der Waals surface area (Å²) in [5, 5.41) is 10.0. The lowest BCUT2D eigenvalue weighted by atomic mass is 9.97. The minimum atomic E-state index is -0.570. The molecule has 4 rings (SSSR count). The summed E-state index contributed by atoms with van der Waals surface area (Å²) in [5.41, 5.74) is 12.7. The van der Waals surface area contributed by atoms with Crippen LogP contribution in [-0.4, -0.2) is 51.9 Å². The number of anilines is 2. The summed E-state index contributed by atoms with van der Waals surface area (Å²) < 4.78 is 11.9. The molecule has 1 fully saturated rings. The van der Waals surface area contributed by atoms with Crippen molar-refractivity contribution < 1.29 is 14.6 Å². The molecule has 8 heteroatoms. The van der Waals surface area contributed by atoms with Crippen molar-refractivity contribution >= 4 is 11.8 Å².